The van der Waals surface area contributed by atoms with Crippen LogP contribution < -0.4 is 0 Å². The maximum Gasteiger partial charge on any atom is 0.195 e. The molecule has 0 aliphatic heterocycles. The molecule has 0 N–H and O–H groups in total. The normalized spacial score (nSPS) is 10.6. The van der Waals surface area contributed by atoms with E-state index in [0.29, 0.717) is 12.7 Å². The number of unbranched alkanes of at least 4 members (excludes halogenated alkanes) is 5. The van der Waals surface area contributed by atoms with Crippen molar-refractivity contribution >= 4 is 12.1 Å². The standard InChI is InChI=1S/C12H20O2/c1-2-3-4-5-6-7-8-9-10-12(14)11-13/h2-3,11H,4-10H2,1H3. The van der Waals surface area contributed by atoms with Crippen molar-refractivity contribution in [3.05, 3.63) is 12.2 Å². The van der Waals surface area contributed by atoms with E-state index < -0.39 is 0 Å². The first kappa shape index (κ1) is 13.1. The second kappa shape index (κ2) is 10.2. The Morgan fingerprint density at radius 2 is 1.71 bits per heavy atom. The number of aldehydes is 1. The lowest BCUT2D eigenvalue weighted by Crippen LogP contribution is -1.97. The third-order valence-corrected chi connectivity index (χ3v) is 2.16. The molecule has 0 atom stereocenters. The first-order valence-electron chi connectivity index (χ1n) is 5.40. The number of rotatable bonds is 9. The highest BCUT2D eigenvalue weighted by atomic mass is 16.2. The Labute approximate surface area is 86.4 Å². The first-order chi connectivity index (χ1) is 6.81. The van der Waals surface area contributed by atoms with E-state index in [4.69, 9.17) is 0 Å². The molecule has 0 heterocycles. The molecule has 0 amide bonds. The molecule has 0 rings (SSSR count). The van der Waals surface area contributed by atoms with Crippen molar-refractivity contribution in [1.82, 2.24) is 0 Å². The van der Waals surface area contributed by atoms with Gasteiger partial charge < -0.3 is 0 Å². The summed E-state index contributed by atoms with van der Waals surface area (Å²) in [6.45, 7) is 2.03. The van der Waals surface area contributed by atoms with Crippen LogP contribution in [-0.2, 0) is 9.59 Å². The quantitative estimate of drug-likeness (QED) is 0.246. The highest BCUT2D eigenvalue weighted by molar-refractivity contribution is 6.24. The van der Waals surface area contributed by atoms with Crippen LogP contribution in [0, 0.1) is 0 Å². The highest BCUT2D eigenvalue weighted by Crippen LogP contribution is 2.07. The predicted molar refractivity (Wildman–Crippen MR) is 58.2 cm³/mol. The van der Waals surface area contributed by atoms with Crippen LogP contribution in [0.4, 0.5) is 0 Å². The fourth-order valence-corrected chi connectivity index (χ4v) is 1.32. The Hall–Kier alpha value is -0.920. The van der Waals surface area contributed by atoms with E-state index in [1.807, 2.05) is 6.92 Å². The Balaban J connectivity index is 3.06. The largest absolute Gasteiger partial charge is 0.295 e. The third-order valence-electron chi connectivity index (χ3n) is 2.16. The lowest BCUT2D eigenvalue weighted by molar-refractivity contribution is -0.129. The second-order valence-corrected chi connectivity index (χ2v) is 3.46. The van der Waals surface area contributed by atoms with Crippen molar-refractivity contribution in [2.24, 2.45) is 0 Å². The molecule has 0 fully saturated rings. The fraction of sp³-hybridized carbons (Fsp3) is 0.667. The van der Waals surface area contributed by atoms with Gasteiger partial charge in [-0.3, -0.25) is 9.59 Å². The number of allylic oxidation sites excluding steroid dienone is 2. The monoisotopic (exact) mass is 196 g/mol. The predicted octanol–water partition coefficient (Wildman–Crippen LogP) is 3.06. The van der Waals surface area contributed by atoms with Gasteiger partial charge in [0.15, 0.2) is 12.1 Å². The fourth-order valence-electron chi connectivity index (χ4n) is 1.32. The van der Waals surface area contributed by atoms with Crippen LogP contribution in [0.1, 0.15) is 51.9 Å². The van der Waals surface area contributed by atoms with Crippen LogP contribution >= 0.6 is 0 Å². The number of Topliss-reactive ketones (excluding diaryl/α,β-unsaturated/α-hetero) is 1. The van der Waals surface area contributed by atoms with E-state index in [-0.39, 0.29) is 5.78 Å². The number of hydrogen-bond donors (Lipinski definition) is 0. The summed E-state index contributed by atoms with van der Waals surface area (Å²) in [6.07, 6.45) is 11.8. The minimum atomic E-state index is -0.265. The van der Waals surface area contributed by atoms with Gasteiger partial charge in [-0.2, -0.15) is 0 Å². The Morgan fingerprint density at radius 1 is 1.07 bits per heavy atom. The molecule has 0 aromatic heterocycles. The molecule has 0 spiro atoms. The van der Waals surface area contributed by atoms with Gasteiger partial charge in [0.05, 0.1) is 0 Å². The van der Waals surface area contributed by atoms with Gasteiger partial charge in [0, 0.05) is 6.42 Å². The van der Waals surface area contributed by atoms with Crippen LogP contribution in [0.15, 0.2) is 12.2 Å². The van der Waals surface area contributed by atoms with Gasteiger partial charge in [0.25, 0.3) is 0 Å². The molecule has 0 radical (unpaired) electrons. The zero-order chi connectivity index (χ0) is 10.6. The summed E-state index contributed by atoms with van der Waals surface area (Å²) < 4.78 is 0. The van der Waals surface area contributed by atoms with E-state index in [1.54, 1.807) is 0 Å². The second-order valence-electron chi connectivity index (χ2n) is 3.46. The van der Waals surface area contributed by atoms with E-state index in [9.17, 15) is 9.59 Å². The summed E-state index contributed by atoms with van der Waals surface area (Å²) >= 11 is 0. The summed E-state index contributed by atoms with van der Waals surface area (Å²) in [5.74, 6) is -0.265. The Morgan fingerprint density at radius 3 is 2.36 bits per heavy atom. The van der Waals surface area contributed by atoms with Gasteiger partial charge in [-0.25, -0.2) is 0 Å². The summed E-state index contributed by atoms with van der Waals surface area (Å²) in [4.78, 5) is 20.6. The maximum atomic E-state index is 10.6. The zero-order valence-corrected chi connectivity index (χ0v) is 9.00. The lowest BCUT2D eigenvalue weighted by atomic mass is 10.1. The lowest BCUT2D eigenvalue weighted by Gasteiger charge is -1.97. The van der Waals surface area contributed by atoms with E-state index in [0.717, 1.165) is 19.3 Å². The van der Waals surface area contributed by atoms with Crippen molar-refractivity contribution in [2.75, 3.05) is 0 Å². The maximum absolute atomic E-state index is 10.6. The third kappa shape index (κ3) is 9.17. The van der Waals surface area contributed by atoms with Gasteiger partial charge in [0.2, 0.25) is 0 Å². The molecular formula is C12H20O2. The molecule has 2 heteroatoms. The van der Waals surface area contributed by atoms with Crippen molar-refractivity contribution in [1.29, 1.82) is 0 Å². The average molecular weight is 196 g/mol. The molecule has 80 valence electrons. The van der Waals surface area contributed by atoms with E-state index in [1.165, 1.54) is 19.3 Å². The summed E-state index contributed by atoms with van der Waals surface area (Å²) in [7, 11) is 0. The van der Waals surface area contributed by atoms with Crippen LogP contribution in [0.2, 0.25) is 0 Å². The first-order valence-corrected chi connectivity index (χ1v) is 5.40. The molecular weight excluding hydrogens is 176 g/mol. The van der Waals surface area contributed by atoms with Crippen LogP contribution in [0.25, 0.3) is 0 Å². The minimum absolute atomic E-state index is 0.265. The topological polar surface area (TPSA) is 34.1 Å². The van der Waals surface area contributed by atoms with Crippen molar-refractivity contribution in [2.45, 2.75) is 51.9 Å². The molecule has 0 bridgehead atoms. The van der Waals surface area contributed by atoms with Crippen LogP contribution in [0.5, 0.6) is 0 Å². The number of carbonyl (C=O) groups is 2. The minimum Gasteiger partial charge on any atom is -0.295 e. The van der Waals surface area contributed by atoms with Crippen LogP contribution in [-0.4, -0.2) is 12.1 Å². The molecule has 14 heavy (non-hydrogen) atoms. The van der Waals surface area contributed by atoms with Gasteiger partial charge in [-0.1, -0.05) is 31.4 Å². The molecule has 0 aliphatic carbocycles. The van der Waals surface area contributed by atoms with Crippen molar-refractivity contribution in [3.8, 4) is 0 Å². The van der Waals surface area contributed by atoms with Gasteiger partial charge in [-0.15, -0.1) is 0 Å². The molecule has 0 aromatic carbocycles. The summed E-state index contributed by atoms with van der Waals surface area (Å²) in [6, 6.07) is 0. The number of ketones is 1. The molecule has 0 aromatic rings. The highest BCUT2D eigenvalue weighted by Gasteiger charge is 1.97. The van der Waals surface area contributed by atoms with Gasteiger partial charge in [-0.05, 0) is 26.2 Å². The summed E-state index contributed by atoms with van der Waals surface area (Å²) in [5.41, 5.74) is 0. The number of hydrogen-bond acceptors (Lipinski definition) is 2. The molecule has 2 nitrogen and oxygen atoms in total. The zero-order valence-electron chi connectivity index (χ0n) is 9.00. The van der Waals surface area contributed by atoms with E-state index in [2.05, 4.69) is 12.2 Å². The average Bonchev–Trinajstić information content (AvgIpc) is 2.21. The SMILES string of the molecule is CC=CCCCCCCCC(=O)C=O. The van der Waals surface area contributed by atoms with Crippen molar-refractivity contribution < 1.29 is 9.59 Å². The van der Waals surface area contributed by atoms with Crippen molar-refractivity contribution in [3.63, 3.8) is 0 Å². The molecule has 0 aliphatic rings. The molecule has 0 unspecified atom stereocenters. The Kier molecular flexibility index (Phi) is 9.49. The Bertz CT molecular complexity index is 183. The molecule has 0 saturated carbocycles. The smallest absolute Gasteiger partial charge is 0.195 e. The van der Waals surface area contributed by atoms with Gasteiger partial charge in [0.1, 0.15) is 0 Å². The van der Waals surface area contributed by atoms with Crippen LogP contribution in [0.3, 0.4) is 0 Å². The number of carbonyl (C=O) groups excluding carboxylic acids is 2. The van der Waals surface area contributed by atoms with Gasteiger partial charge >= 0.3 is 0 Å². The van der Waals surface area contributed by atoms with E-state index >= 15 is 0 Å². The molecule has 0 saturated heterocycles. The summed E-state index contributed by atoms with van der Waals surface area (Å²) in [5, 5.41) is 0.